The van der Waals surface area contributed by atoms with Gasteiger partial charge in [0.05, 0.1) is 0 Å². The highest BCUT2D eigenvalue weighted by atomic mass is 35.5. The molecule has 0 bridgehead atoms. The Balaban J connectivity index is 1.43. The Bertz CT molecular complexity index is 485. The molecule has 1 saturated carbocycles. The maximum absolute atomic E-state index is 12.1. The van der Waals surface area contributed by atoms with Crippen LogP contribution in [0.5, 0.6) is 0 Å². The quantitative estimate of drug-likeness (QED) is 0.876. The molecule has 20 heavy (non-hydrogen) atoms. The van der Waals surface area contributed by atoms with E-state index in [2.05, 4.69) is 16.7 Å². The van der Waals surface area contributed by atoms with Crippen LogP contribution in [-0.2, 0) is 4.79 Å². The number of carbonyl (C=O) groups excluding carboxylic acids is 1. The van der Waals surface area contributed by atoms with Crippen LogP contribution in [0.2, 0.25) is 5.02 Å². The van der Waals surface area contributed by atoms with Crippen molar-refractivity contribution in [3.63, 3.8) is 0 Å². The maximum Gasteiger partial charge on any atom is 0.223 e. The van der Waals surface area contributed by atoms with E-state index >= 15 is 0 Å². The molecular weight excluding hydrogens is 272 g/mol. The van der Waals surface area contributed by atoms with Gasteiger partial charge in [-0.1, -0.05) is 23.7 Å². The first-order chi connectivity index (χ1) is 9.74. The predicted molar refractivity (Wildman–Crippen MR) is 80.9 cm³/mol. The van der Waals surface area contributed by atoms with Gasteiger partial charge in [-0.15, -0.1) is 0 Å². The summed E-state index contributed by atoms with van der Waals surface area (Å²) in [6.07, 6.45) is 3.29. The van der Waals surface area contributed by atoms with E-state index in [4.69, 9.17) is 11.6 Å². The highest BCUT2D eigenvalue weighted by Crippen LogP contribution is 2.47. The van der Waals surface area contributed by atoms with Gasteiger partial charge in [-0.2, -0.15) is 0 Å². The molecule has 2 N–H and O–H groups in total. The second kappa shape index (κ2) is 6.15. The summed E-state index contributed by atoms with van der Waals surface area (Å²) in [5.74, 6) is 1.45. The second-order valence-corrected chi connectivity index (χ2v) is 6.38. The van der Waals surface area contributed by atoms with Gasteiger partial charge >= 0.3 is 0 Å². The van der Waals surface area contributed by atoms with E-state index < -0.39 is 0 Å². The molecule has 2 aliphatic rings. The first-order valence-electron chi connectivity index (χ1n) is 7.48. The Morgan fingerprint density at radius 2 is 2.35 bits per heavy atom. The molecule has 1 saturated heterocycles. The summed E-state index contributed by atoms with van der Waals surface area (Å²) >= 11 is 5.99. The molecule has 108 valence electrons. The third-order valence-electron chi connectivity index (χ3n) is 4.42. The van der Waals surface area contributed by atoms with Crippen LogP contribution in [0.3, 0.4) is 0 Å². The van der Waals surface area contributed by atoms with E-state index in [0.717, 1.165) is 43.4 Å². The molecule has 1 aromatic rings. The zero-order chi connectivity index (χ0) is 13.9. The van der Waals surface area contributed by atoms with Crippen LogP contribution >= 0.6 is 11.6 Å². The summed E-state index contributed by atoms with van der Waals surface area (Å²) in [6, 6.07) is 7.87. The lowest BCUT2D eigenvalue weighted by Crippen LogP contribution is -2.28. The normalized spacial score (nSPS) is 28.4. The molecule has 1 aliphatic carbocycles. The smallest absolute Gasteiger partial charge is 0.223 e. The first kappa shape index (κ1) is 13.9. The molecule has 0 aromatic heterocycles. The Labute approximate surface area is 125 Å². The van der Waals surface area contributed by atoms with Gasteiger partial charge < -0.3 is 10.6 Å². The fourth-order valence-corrected chi connectivity index (χ4v) is 3.28. The highest BCUT2D eigenvalue weighted by molar-refractivity contribution is 6.30. The molecule has 4 heteroatoms. The van der Waals surface area contributed by atoms with Crippen molar-refractivity contribution in [3.8, 4) is 0 Å². The summed E-state index contributed by atoms with van der Waals surface area (Å²) in [5, 5.41) is 7.19. The molecule has 2 fully saturated rings. The molecule has 3 atom stereocenters. The van der Waals surface area contributed by atoms with E-state index in [1.54, 1.807) is 0 Å². The van der Waals surface area contributed by atoms with E-state index in [9.17, 15) is 4.79 Å². The van der Waals surface area contributed by atoms with Gasteiger partial charge in [0.25, 0.3) is 0 Å². The average Bonchev–Trinajstić information content (AvgIpc) is 3.08. The molecule has 3 rings (SSSR count). The molecule has 3 nitrogen and oxygen atoms in total. The molecular formula is C16H21ClN2O. The predicted octanol–water partition coefficient (Wildman–Crippen LogP) is 2.56. The van der Waals surface area contributed by atoms with Gasteiger partial charge in [-0.3, -0.25) is 4.79 Å². The average molecular weight is 293 g/mol. The van der Waals surface area contributed by atoms with Crippen molar-refractivity contribution in [2.24, 2.45) is 11.8 Å². The lowest BCUT2D eigenvalue weighted by Gasteiger charge is -2.09. The van der Waals surface area contributed by atoms with E-state index in [1.165, 1.54) is 12.0 Å². The summed E-state index contributed by atoms with van der Waals surface area (Å²) < 4.78 is 0. The van der Waals surface area contributed by atoms with Crippen LogP contribution in [0.15, 0.2) is 24.3 Å². The van der Waals surface area contributed by atoms with Gasteiger partial charge in [-0.25, -0.2) is 0 Å². The van der Waals surface area contributed by atoms with Crippen molar-refractivity contribution >= 4 is 17.5 Å². The monoisotopic (exact) mass is 292 g/mol. The van der Waals surface area contributed by atoms with Gasteiger partial charge in [0.2, 0.25) is 5.91 Å². The summed E-state index contributed by atoms with van der Waals surface area (Å²) in [5.41, 5.74) is 1.19. The zero-order valence-electron chi connectivity index (χ0n) is 11.6. The molecule has 1 aliphatic heterocycles. The number of halogens is 1. The molecule has 3 unspecified atom stereocenters. The van der Waals surface area contributed by atoms with Crippen LogP contribution in [0.4, 0.5) is 0 Å². The summed E-state index contributed by atoms with van der Waals surface area (Å²) in [7, 11) is 0. The fourth-order valence-electron chi connectivity index (χ4n) is 3.08. The minimum atomic E-state index is 0.148. The first-order valence-corrected chi connectivity index (χ1v) is 7.86. The standard InChI is InChI=1S/C16H21ClN2O/c17-13-3-1-2-12(8-13)14-9-15(14)16(20)19-7-5-11-4-6-18-10-11/h1-3,8,11,14-15,18H,4-7,9-10H2,(H,19,20). The zero-order valence-corrected chi connectivity index (χ0v) is 12.3. The Morgan fingerprint density at radius 3 is 3.10 bits per heavy atom. The van der Waals surface area contributed by atoms with Crippen LogP contribution in [0, 0.1) is 11.8 Å². The number of amides is 1. The lowest BCUT2D eigenvalue weighted by molar-refractivity contribution is -0.122. The molecule has 1 heterocycles. The van der Waals surface area contributed by atoms with Gasteiger partial charge in [0, 0.05) is 17.5 Å². The van der Waals surface area contributed by atoms with Crippen molar-refractivity contribution in [2.75, 3.05) is 19.6 Å². The van der Waals surface area contributed by atoms with E-state index in [1.807, 2.05) is 18.2 Å². The molecule has 1 aromatic carbocycles. The molecule has 1 amide bonds. The Hall–Kier alpha value is -1.06. The summed E-state index contributed by atoms with van der Waals surface area (Å²) in [4.78, 5) is 12.1. The Kier molecular flexibility index (Phi) is 4.27. The number of nitrogens with one attached hydrogen (secondary N) is 2. The van der Waals surface area contributed by atoms with E-state index in [0.29, 0.717) is 5.92 Å². The van der Waals surface area contributed by atoms with Crippen molar-refractivity contribution in [2.45, 2.75) is 25.2 Å². The summed E-state index contributed by atoms with van der Waals surface area (Å²) in [6.45, 7) is 3.03. The van der Waals surface area contributed by atoms with Crippen molar-refractivity contribution in [3.05, 3.63) is 34.9 Å². The van der Waals surface area contributed by atoms with Crippen molar-refractivity contribution < 1.29 is 4.79 Å². The fraction of sp³-hybridized carbons (Fsp3) is 0.562. The number of hydrogen-bond acceptors (Lipinski definition) is 2. The van der Waals surface area contributed by atoms with E-state index in [-0.39, 0.29) is 11.8 Å². The molecule has 0 spiro atoms. The van der Waals surface area contributed by atoms with Crippen LogP contribution < -0.4 is 10.6 Å². The minimum Gasteiger partial charge on any atom is -0.356 e. The highest BCUT2D eigenvalue weighted by Gasteiger charge is 2.43. The number of rotatable bonds is 5. The van der Waals surface area contributed by atoms with Crippen LogP contribution in [-0.4, -0.2) is 25.5 Å². The number of benzene rings is 1. The topological polar surface area (TPSA) is 41.1 Å². The van der Waals surface area contributed by atoms with Gasteiger partial charge in [0.15, 0.2) is 0 Å². The minimum absolute atomic E-state index is 0.148. The van der Waals surface area contributed by atoms with Gasteiger partial charge in [0.1, 0.15) is 0 Å². The maximum atomic E-state index is 12.1. The number of hydrogen-bond donors (Lipinski definition) is 2. The van der Waals surface area contributed by atoms with Crippen molar-refractivity contribution in [1.82, 2.24) is 10.6 Å². The van der Waals surface area contributed by atoms with Crippen molar-refractivity contribution in [1.29, 1.82) is 0 Å². The molecule has 0 radical (unpaired) electrons. The SMILES string of the molecule is O=C(NCCC1CCNC1)C1CC1c1cccc(Cl)c1. The lowest BCUT2D eigenvalue weighted by atomic mass is 10.1. The third-order valence-corrected chi connectivity index (χ3v) is 4.65. The second-order valence-electron chi connectivity index (χ2n) is 5.94. The van der Waals surface area contributed by atoms with Gasteiger partial charge in [-0.05, 0) is 61.9 Å². The Morgan fingerprint density at radius 1 is 1.45 bits per heavy atom. The largest absolute Gasteiger partial charge is 0.356 e. The van der Waals surface area contributed by atoms with Crippen LogP contribution in [0.1, 0.15) is 30.7 Å². The number of carbonyl (C=O) groups is 1. The van der Waals surface area contributed by atoms with Crippen LogP contribution in [0.25, 0.3) is 0 Å². The third kappa shape index (κ3) is 3.33.